The van der Waals surface area contributed by atoms with Gasteiger partial charge in [0.2, 0.25) is 0 Å². The van der Waals surface area contributed by atoms with Gasteiger partial charge in [-0.25, -0.2) is 8.42 Å². The first-order valence-electron chi connectivity index (χ1n) is 5.42. The molecule has 16 heavy (non-hydrogen) atoms. The van der Waals surface area contributed by atoms with Crippen LogP contribution >= 0.6 is 0 Å². The standard InChI is InChI=1S/C12H19NO2S/c1-4-16(14,15)10(3)12(13)11-8-6-5-7-9(11)2/h5-8,10,12H,4,13H2,1-3H3/t10-,12-/m1/s1. The minimum atomic E-state index is -3.09. The smallest absolute Gasteiger partial charge is 0.154 e. The zero-order chi connectivity index (χ0) is 12.3. The maximum absolute atomic E-state index is 11.7. The molecule has 0 unspecified atom stereocenters. The van der Waals surface area contributed by atoms with Gasteiger partial charge in [0, 0.05) is 11.8 Å². The molecule has 0 spiro atoms. The minimum absolute atomic E-state index is 0.133. The lowest BCUT2D eigenvalue weighted by Gasteiger charge is -2.21. The summed E-state index contributed by atoms with van der Waals surface area (Å²) in [6.07, 6.45) is 0. The lowest BCUT2D eigenvalue weighted by molar-refractivity contribution is 0.565. The van der Waals surface area contributed by atoms with Crippen molar-refractivity contribution in [1.29, 1.82) is 0 Å². The number of hydrogen-bond donors (Lipinski definition) is 1. The molecule has 0 saturated heterocycles. The number of hydrogen-bond acceptors (Lipinski definition) is 3. The van der Waals surface area contributed by atoms with E-state index in [2.05, 4.69) is 0 Å². The normalized spacial score (nSPS) is 15.8. The Balaban J connectivity index is 3.04. The van der Waals surface area contributed by atoms with E-state index in [-0.39, 0.29) is 5.75 Å². The Morgan fingerprint density at radius 2 is 1.88 bits per heavy atom. The molecule has 0 radical (unpaired) electrons. The van der Waals surface area contributed by atoms with Crippen LogP contribution in [0.5, 0.6) is 0 Å². The summed E-state index contributed by atoms with van der Waals surface area (Å²) in [4.78, 5) is 0. The van der Waals surface area contributed by atoms with Gasteiger partial charge in [-0.2, -0.15) is 0 Å². The van der Waals surface area contributed by atoms with Crippen LogP contribution in [0, 0.1) is 6.92 Å². The largest absolute Gasteiger partial charge is 0.323 e. The van der Waals surface area contributed by atoms with Gasteiger partial charge in [-0.3, -0.25) is 0 Å². The summed E-state index contributed by atoms with van der Waals surface area (Å²) in [6, 6.07) is 7.19. The summed E-state index contributed by atoms with van der Waals surface area (Å²) in [5.41, 5.74) is 7.97. The fourth-order valence-corrected chi connectivity index (χ4v) is 2.82. The third-order valence-electron chi connectivity index (χ3n) is 3.02. The maximum Gasteiger partial charge on any atom is 0.154 e. The molecular weight excluding hydrogens is 222 g/mol. The predicted octanol–water partition coefficient (Wildman–Crippen LogP) is 1.82. The van der Waals surface area contributed by atoms with Gasteiger partial charge in [-0.1, -0.05) is 31.2 Å². The molecule has 0 saturated carbocycles. The van der Waals surface area contributed by atoms with E-state index in [9.17, 15) is 8.42 Å². The van der Waals surface area contributed by atoms with Gasteiger partial charge in [0.1, 0.15) is 0 Å². The molecule has 3 nitrogen and oxygen atoms in total. The Bertz CT molecular complexity index is 454. The van der Waals surface area contributed by atoms with Crippen LogP contribution in [-0.2, 0) is 9.84 Å². The van der Waals surface area contributed by atoms with E-state index >= 15 is 0 Å². The van der Waals surface area contributed by atoms with Crippen LogP contribution in [0.15, 0.2) is 24.3 Å². The molecule has 1 rings (SSSR count). The maximum atomic E-state index is 11.7. The molecule has 90 valence electrons. The number of sulfone groups is 1. The van der Waals surface area contributed by atoms with Crippen molar-refractivity contribution in [3.63, 3.8) is 0 Å². The molecule has 0 aromatic heterocycles. The van der Waals surface area contributed by atoms with Gasteiger partial charge in [0.15, 0.2) is 9.84 Å². The summed E-state index contributed by atoms with van der Waals surface area (Å²) in [5.74, 6) is 0.133. The van der Waals surface area contributed by atoms with E-state index in [1.165, 1.54) is 0 Å². The molecule has 0 fully saturated rings. The predicted molar refractivity (Wildman–Crippen MR) is 67.0 cm³/mol. The lowest BCUT2D eigenvalue weighted by Crippen LogP contribution is -2.32. The van der Waals surface area contributed by atoms with E-state index < -0.39 is 21.1 Å². The molecule has 0 amide bonds. The number of rotatable bonds is 4. The average molecular weight is 241 g/mol. The van der Waals surface area contributed by atoms with E-state index in [1.54, 1.807) is 13.8 Å². The number of benzene rings is 1. The molecule has 1 aromatic rings. The van der Waals surface area contributed by atoms with Crippen molar-refractivity contribution in [2.24, 2.45) is 5.73 Å². The minimum Gasteiger partial charge on any atom is -0.323 e. The van der Waals surface area contributed by atoms with Crippen molar-refractivity contribution in [3.8, 4) is 0 Å². The number of nitrogens with two attached hydrogens (primary N) is 1. The Hall–Kier alpha value is -0.870. The summed E-state index contributed by atoms with van der Waals surface area (Å²) in [7, 11) is -3.09. The zero-order valence-corrected chi connectivity index (χ0v) is 10.8. The molecule has 4 heteroatoms. The topological polar surface area (TPSA) is 60.2 Å². The van der Waals surface area contributed by atoms with E-state index in [1.807, 2.05) is 31.2 Å². The van der Waals surface area contributed by atoms with Crippen LogP contribution in [0.3, 0.4) is 0 Å². The number of aryl methyl sites for hydroxylation is 1. The molecule has 2 atom stereocenters. The highest BCUT2D eigenvalue weighted by atomic mass is 32.2. The van der Waals surface area contributed by atoms with E-state index in [0.29, 0.717) is 0 Å². The second-order valence-corrected chi connectivity index (χ2v) is 6.69. The Labute approximate surface area is 97.6 Å². The molecule has 0 aliphatic heterocycles. The van der Waals surface area contributed by atoms with E-state index in [0.717, 1.165) is 11.1 Å². The fourth-order valence-electron chi connectivity index (χ4n) is 1.70. The second kappa shape index (κ2) is 4.97. The van der Waals surface area contributed by atoms with Gasteiger partial charge in [0.25, 0.3) is 0 Å². The first-order valence-corrected chi connectivity index (χ1v) is 7.14. The quantitative estimate of drug-likeness (QED) is 0.874. The van der Waals surface area contributed by atoms with Crippen molar-refractivity contribution in [3.05, 3.63) is 35.4 Å². The van der Waals surface area contributed by atoms with E-state index in [4.69, 9.17) is 5.73 Å². The highest BCUT2D eigenvalue weighted by Gasteiger charge is 2.26. The Kier molecular flexibility index (Phi) is 4.10. The summed E-state index contributed by atoms with van der Waals surface area (Å²) < 4.78 is 23.5. The summed E-state index contributed by atoms with van der Waals surface area (Å²) >= 11 is 0. The van der Waals surface area contributed by atoms with Gasteiger partial charge in [-0.15, -0.1) is 0 Å². The first-order chi connectivity index (χ1) is 7.40. The second-order valence-electron chi connectivity index (χ2n) is 4.04. The highest BCUT2D eigenvalue weighted by molar-refractivity contribution is 7.92. The van der Waals surface area contributed by atoms with Crippen LogP contribution in [-0.4, -0.2) is 19.4 Å². The lowest BCUT2D eigenvalue weighted by atomic mass is 10.0. The van der Waals surface area contributed by atoms with Gasteiger partial charge >= 0.3 is 0 Å². The molecule has 0 aliphatic rings. The monoisotopic (exact) mass is 241 g/mol. The van der Waals surface area contributed by atoms with Crippen molar-refractivity contribution in [1.82, 2.24) is 0 Å². The van der Waals surface area contributed by atoms with Gasteiger partial charge in [0.05, 0.1) is 5.25 Å². The molecule has 2 N–H and O–H groups in total. The van der Waals surface area contributed by atoms with Gasteiger partial charge in [-0.05, 0) is 25.0 Å². The summed E-state index contributed by atoms with van der Waals surface area (Å²) in [5, 5.41) is -0.543. The average Bonchev–Trinajstić information content (AvgIpc) is 2.27. The van der Waals surface area contributed by atoms with Gasteiger partial charge < -0.3 is 5.73 Å². The van der Waals surface area contributed by atoms with Crippen LogP contribution < -0.4 is 5.73 Å². The summed E-state index contributed by atoms with van der Waals surface area (Å²) in [6.45, 7) is 5.27. The third kappa shape index (κ3) is 2.62. The van der Waals surface area contributed by atoms with Crippen LogP contribution in [0.1, 0.15) is 31.0 Å². The highest BCUT2D eigenvalue weighted by Crippen LogP contribution is 2.22. The molecule has 0 heterocycles. The van der Waals surface area contributed by atoms with Crippen LogP contribution in [0.2, 0.25) is 0 Å². The van der Waals surface area contributed by atoms with Crippen molar-refractivity contribution >= 4 is 9.84 Å². The molecule has 0 bridgehead atoms. The van der Waals surface area contributed by atoms with Crippen molar-refractivity contribution < 1.29 is 8.42 Å². The van der Waals surface area contributed by atoms with Crippen LogP contribution in [0.4, 0.5) is 0 Å². The zero-order valence-electron chi connectivity index (χ0n) is 9.97. The van der Waals surface area contributed by atoms with Crippen molar-refractivity contribution in [2.75, 3.05) is 5.75 Å². The third-order valence-corrected chi connectivity index (χ3v) is 5.25. The Morgan fingerprint density at radius 1 is 1.31 bits per heavy atom. The molecular formula is C12H19NO2S. The van der Waals surface area contributed by atoms with Crippen molar-refractivity contribution in [2.45, 2.75) is 32.1 Å². The molecule has 0 aliphatic carbocycles. The SMILES string of the molecule is CCS(=O)(=O)[C@H](C)[C@@H](N)c1ccccc1C. The fraction of sp³-hybridized carbons (Fsp3) is 0.500. The van der Waals surface area contributed by atoms with Crippen LogP contribution in [0.25, 0.3) is 0 Å². The first kappa shape index (κ1) is 13.2. The molecule has 1 aromatic carbocycles. The Morgan fingerprint density at radius 3 is 2.38 bits per heavy atom.